The van der Waals surface area contributed by atoms with Crippen molar-refractivity contribution in [3.05, 3.63) is 60.4 Å². The fourth-order valence-corrected chi connectivity index (χ4v) is 6.18. The Morgan fingerprint density at radius 2 is 1.93 bits per heavy atom. The van der Waals surface area contributed by atoms with E-state index in [-0.39, 0.29) is 30.9 Å². The molecule has 28 heavy (non-hydrogen) atoms. The molecule has 3 rings (SSSR count). The first-order chi connectivity index (χ1) is 13.2. The van der Waals surface area contributed by atoms with Gasteiger partial charge >= 0.3 is 0 Å². The van der Waals surface area contributed by atoms with Crippen LogP contribution in [0.1, 0.15) is 20.4 Å². The molecule has 12 heteroatoms. The van der Waals surface area contributed by atoms with Crippen LogP contribution in [0.25, 0.3) is 0 Å². The largest absolute Gasteiger partial charge is 0.486 e. The van der Waals surface area contributed by atoms with E-state index in [2.05, 4.69) is 4.98 Å². The van der Waals surface area contributed by atoms with Crippen LogP contribution in [0.5, 0.6) is 5.75 Å². The number of thiophene rings is 1. The molecular weight excluding hydrogens is 470 g/mol. The summed E-state index contributed by atoms with van der Waals surface area (Å²) in [5.74, 6) is -0.780. The van der Waals surface area contributed by atoms with E-state index in [0.717, 1.165) is 22.7 Å². The zero-order valence-electron chi connectivity index (χ0n) is 14.0. The normalized spacial score (nSPS) is 11.4. The highest BCUT2D eigenvalue weighted by atomic mass is 35.5. The second kappa shape index (κ2) is 8.34. The van der Waals surface area contributed by atoms with Crippen molar-refractivity contribution in [1.82, 2.24) is 9.71 Å². The van der Waals surface area contributed by atoms with Crippen molar-refractivity contribution >= 4 is 61.8 Å². The van der Waals surface area contributed by atoms with Crippen LogP contribution in [0.4, 0.5) is 4.39 Å². The summed E-state index contributed by atoms with van der Waals surface area (Å²) >= 11 is 13.5. The molecule has 0 aliphatic rings. The van der Waals surface area contributed by atoms with Gasteiger partial charge in [0, 0.05) is 0 Å². The highest BCUT2D eigenvalue weighted by molar-refractivity contribution is 7.90. The summed E-state index contributed by atoms with van der Waals surface area (Å²) in [5.41, 5.74) is 0.352. The molecule has 0 saturated carbocycles. The summed E-state index contributed by atoms with van der Waals surface area (Å²) in [6.07, 6.45) is 0. The highest BCUT2D eigenvalue weighted by Crippen LogP contribution is 2.34. The Kier molecular flexibility index (Phi) is 6.25. The van der Waals surface area contributed by atoms with Gasteiger partial charge in [0.1, 0.15) is 37.3 Å². The molecule has 0 aliphatic heterocycles. The Bertz CT molecular complexity index is 1130. The molecule has 6 nitrogen and oxygen atoms in total. The molecule has 2 heterocycles. The van der Waals surface area contributed by atoms with Crippen LogP contribution >= 0.6 is 45.9 Å². The van der Waals surface area contributed by atoms with Gasteiger partial charge in [0.2, 0.25) is 0 Å². The van der Waals surface area contributed by atoms with Gasteiger partial charge in [-0.05, 0) is 37.3 Å². The molecule has 0 saturated heterocycles. The number of aromatic nitrogens is 1. The molecular formula is C16H11Cl2FN2O4S3. The van der Waals surface area contributed by atoms with Crippen LogP contribution in [-0.4, -0.2) is 19.3 Å². The number of hydrogen-bond donors (Lipinski definition) is 1. The minimum absolute atomic E-state index is 0.0419. The number of nitrogens with zero attached hydrogens (tertiary/aromatic N) is 1. The van der Waals surface area contributed by atoms with E-state index in [1.807, 2.05) is 4.72 Å². The molecule has 2 aromatic heterocycles. The highest BCUT2D eigenvalue weighted by Gasteiger charge is 2.26. The first kappa shape index (κ1) is 21.0. The first-order valence-electron chi connectivity index (χ1n) is 7.52. The number of hydrogen-bond acceptors (Lipinski definition) is 7. The van der Waals surface area contributed by atoms with Gasteiger partial charge in [0.05, 0.1) is 10.0 Å². The molecule has 3 aromatic rings. The molecule has 0 aliphatic carbocycles. The van der Waals surface area contributed by atoms with Crippen LogP contribution < -0.4 is 9.46 Å². The quantitative estimate of drug-likeness (QED) is 0.554. The van der Waals surface area contributed by atoms with E-state index in [4.69, 9.17) is 27.9 Å². The van der Waals surface area contributed by atoms with E-state index in [0.29, 0.717) is 16.5 Å². The van der Waals surface area contributed by atoms with Gasteiger partial charge in [-0.25, -0.2) is 22.5 Å². The van der Waals surface area contributed by atoms with Gasteiger partial charge < -0.3 is 4.74 Å². The van der Waals surface area contributed by atoms with Gasteiger partial charge in [0.25, 0.3) is 15.9 Å². The zero-order valence-corrected chi connectivity index (χ0v) is 18.0. The van der Waals surface area contributed by atoms with Crippen molar-refractivity contribution in [3.8, 4) is 5.75 Å². The molecule has 1 aromatic carbocycles. The summed E-state index contributed by atoms with van der Waals surface area (Å²) in [6, 6.07) is 6.62. The lowest BCUT2D eigenvalue weighted by Gasteiger charge is -2.04. The van der Waals surface area contributed by atoms with Crippen molar-refractivity contribution < 1.29 is 22.3 Å². The second-order valence-corrected chi connectivity index (χ2v) is 10.4. The smallest absolute Gasteiger partial charge is 0.277 e. The standard InChI is InChI=1S/C16H11Cl2FN2O4S3/c1-8-14(16(22)21-28(23,24)11-6-12(17)26-15(11)18)27-13(20-8)7-25-10-4-2-9(19)3-5-10/h2-6H,7H2,1H3,(H,21,22). The lowest BCUT2D eigenvalue weighted by atomic mass is 10.3. The van der Waals surface area contributed by atoms with Crippen molar-refractivity contribution in [3.63, 3.8) is 0 Å². The molecule has 0 spiro atoms. The maximum Gasteiger partial charge on any atom is 0.277 e. The van der Waals surface area contributed by atoms with Gasteiger partial charge in [-0.1, -0.05) is 23.2 Å². The topological polar surface area (TPSA) is 85.4 Å². The first-order valence-corrected chi connectivity index (χ1v) is 11.4. The summed E-state index contributed by atoms with van der Waals surface area (Å²) in [7, 11) is -4.18. The van der Waals surface area contributed by atoms with Crippen molar-refractivity contribution in [1.29, 1.82) is 0 Å². The Labute approximate surface area is 177 Å². The number of carbonyl (C=O) groups is 1. The number of thiazole rings is 1. The maximum absolute atomic E-state index is 12.9. The Morgan fingerprint density at radius 3 is 2.54 bits per heavy atom. The lowest BCUT2D eigenvalue weighted by Crippen LogP contribution is -2.30. The third kappa shape index (κ3) is 4.81. The number of ether oxygens (including phenoxy) is 1. The van der Waals surface area contributed by atoms with Crippen LogP contribution in [0.3, 0.4) is 0 Å². The summed E-state index contributed by atoms with van der Waals surface area (Å²) < 4.78 is 45.2. The van der Waals surface area contributed by atoms with Crippen LogP contribution in [0.15, 0.2) is 35.2 Å². The Hall–Kier alpha value is -1.72. The predicted molar refractivity (Wildman–Crippen MR) is 107 cm³/mol. The van der Waals surface area contributed by atoms with E-state index in [1.54, 1.807) is 6.92 Å². The number of halogens is 3. The number of benzene rings is 1. The number of rotatable bonds is 6. The average Bonchev–Trinajstić information content (AvgIpc) is 3.16. The lowest BCUT2D eigenvalue weighted by molar-refractivity contribution is 0.0984. The predicted octanol–water partition coefficient (Wildman–Crippen LogP) is 4.66. The number of nitrogens with one attached hydrogen (secondary N) is 1. The summed E-state index contributed by atoms with van der Waals surface area (Å²) in [4.78, 5) is 16.5. The van der Waals surface area contributed by atoms with Crippen molar-refractivity contribution in [2.45, 2.75) is 18.4 Å². The third-order valence-corrected chi connectivity index (χ3v) is 7.58. The molecule has 1 N–H and O–H groups in total. The number of aryl methyl sites for hydroxylation is 1. The van der Waals surface area contributed by atoms with Crippen LogP contribution in [0.2, 0.25) is 8.67 Å². The third-order valence-electron chi connectivity index (χ3n) is 3.37. The average molecular weight is 481 g/mol. The maximum atomic E-state index is 12.9. The minimum atomic E-state index is -4.18. The van der Waals surface area contributed by atoms with Crippen molar-refractivity contribution in [2.75, 3.05) is 0 Å². The number of sulfonamides is 1. The van der Waals surface area contributed by atoms with E-state index < -0.39 is 15.9 Å². The monoisotopic (exact) mass is 480 g/mol. The van der Waals surface area contributed by atoms with Crippen LogP contribution in [-0.2, 0) is 16.6 Å². The van der Waals surface area contributed by atoms with Crippen LogP contribution in [0, 0.1) is 12.7 Å². The fraction of sp³-hybridized carbons (Fsp3) is 0.125. The molecule has 0 bridgehead atoms. The van der Waals surface area contributed by atoms with Gasteiger partial charge in [-0.2, -0.15) is 0 Å². The van der Waals surface area contributed by atoms with Gasteiger partial charge in [0.15, 0.2) is 0 Å². The molecule has 0 atom stereocenters. The van der Waals surface area contributed by atoms with Gasteiger partial charge in [-0.3, -0.25) is 4.79 Å². The van der Waals surface area contributed by atoms with E-state index >= 15 is 0 Å². The summed E-state index contributed by atoms with van der Waals surface area (Å²) in [5, 5.41) is 0.459. The SMILES string of the molecule is Cc1nc(COc2ccc(F)cc2)sc1C(=O)NS(=O)(=O)c1cc(Cl)sc1Cl. The van der Waals surface area contributed by atoms with E-state index in [1.165, 1.54) is 30.3 Å². The number of carbonyl (C=O) groups excluding carboxylic acids is 1. The Morgan fingerprint density at radius 1 is 1.25 bits per heavy atom. The molecule has 0 unspecified atom stereocenters. The van der Waals surface area contributed by atoms with Crippen molar-refractivity contribution in [2.24, 2.45) is 0 Å². The Balaban J connectivity index is 1.72. The molecule has 0 radical (unpaired) electrons. The molecule has 0 fully saturated rings. The second-order valence-electron chi connectivity index (χ2n) is 5.39. The molecule has 148 valence electrons. The minimum Gasteiger partial charge on any atom is -0.486 e. The molecule has 1 amide bonds. The number of amides is 1. The van der Waals surface area contributed by atoms with E-state index in [9.17, 15) is 17.6 Å². The fourth-order valence-electron chi connectivity index (χ4n) is 2.13. The zero-order chi connectivity index (χ0) is 20.5. The summed E-state index contributed by atoms with van der Waals surface area (Å²) in [6.45, 7) is 1.62. The van der Waals surface area contributed by atoms with Gasteiger partial charge in [-0.15, -0.1) is 22.7 Å².